The van der Waals surface area contributed by atoms with Gasteiger partial charge >= 0.3 is 0 Å². The topological polar surface area (TPSA) is 41.6 Å². The molecule has 0 radical (unpaired) electrons. The summed E-state index contributed by atoms with van der Waals surface area (Å²) in [7, 11) is 0. The van der Waals surface area contributed by atoms with Crippen molar-refractivity contribution in [1.82, 2.24) is 13.9 Å². The van der Waals surface area contributed by atoms with E-state index in [1.54, 1.807) is 0 Å². The molecular weight excluding hydrogens is 258 g/mol. The summed E-state index contributed by atoms with van der Waals surface area (Å²) < 4.78 is 17.0. The van der Waals surface area contributed by atoms with Crippen LogP contribution in [-0.2, 0) is 18.1 Å². The highest BCUT2D eigenvalue weighted by Crippen LogP contribution is 2.10. The molecule has 19 heavy (non-hydrogen) atoms. The number of nitrogens with one attached hydrogen (secondary N) is 1. The molecule has 106 valence electrons. The standard InChI is InChI=1S/C14H23N3OS/c1-2-8-15-19(18)17-11-9-16(10-12-17)13-14-6-4-3-5-7-14/h3-7,15H,2,8-13H2,1H3. The molecule has 1 fully saturated rings. The Balaban J connectivity index is 1.73. The molecule has 0 spiro atoms. The zero-order chi connectivity index (χ0) is 13.5. The van der Waals surface area contributed by atoms with E-state index in [2.05, 4.69) is 40.8 Å². The van der Waals surface area contributed by atoms with Gasteiger partial charge in [0.1, 0.15) is 11.5 Å². The third-order valence-corrected chi connectivity index (χ3v) is 4.58. The highest BCUT2D eigenvalue weighted by molar-refractivity contribution is 7.87. The Morgan fingerprint density at radius 2 is 1.84 bits per heavy atom. The van der Waals surface area contributed by atoms with Crippen molar-refractivity contribution >= 4 is 11.5 Å². The minimum Gasteiger partial charge on any atom is -0.579 e. The number of nitrogens with zero attached hydrogens (tertiary/aromatic N) is 2. The van der Waals surface area contributed by atoms with E-state index in [1.165, 1.54) is 5.56 Å². The molecule has 1 aromatic carbocycles. The first-order chi connectivity index (χ1) is 9.29. The average Bonchev–Trinajstić information content (AvgIpc) is 2.46. The molecule has 0 bridgehead atoms. The summed E-state index contributed by atoms with van der Waals surface area (Å²) in [5.41, 5.74) is 1.35. The van der Waals surface area contributed by atoms with Crippen molar-refractivity contribution in [2.24, 2.45) is 0 Å². The normalized spacial score (nSPS) is 19.5. The van der Waals surface area contributed by atoms with Crippen molar-refractivity contribution in [3.05, 3.63) is 35.9 Å². The van der Waals surface area contributed by atoms with Gasteiger partial charge < -0.3 is 4.55 Å². The van der Waals surface area contributed by atoms with Gasteiger partial charge in [-0.2, -0.15) is 0 Å². The Morgan fingerprint density at radius 3 is 2.47 bits per heavy atom. The average molecular weight is 281 g/mol. The second kappa shape index (κ2) is 7.87. The maximum Gasteiger partial charge on any atom is 0.137 e. The van der Waals surface area contributed by atoms with Gasteiger partial charge in [-0.15, -0.1) is 9.03 Å². The number of benzene rings is 1. The van der Waals surface area contributed by atoms with Crippen LogP contribution in [-0.4, -0.2) is 46.5 Å². The monoisotopic (exact) mass is 281 g/mol. The zero-order valence-electron chi connectivity index (χ0n) is 11.5. The molecule has 4 nitrogen and oxygen atoms in total. The third-order valence-electron chi connectivity index (χ3n) is 3.29. The number of rotatable bonds is 6. The first-order valence-electron chi connectivity index (χ1n) is 6.96. The van der Waals surface area contributed by atoms with E-state index in [4.69, 9.17) is 0 Å². The first kappa shape index (κ1) is 14.8. The summed E-state index contributed by atoms with van der Waals surface area (Å²) in [6.07, 6.45) is 1.01. The van der Waals surface area contributed by atoms with Crippen molar-refractivity contribution in [3.8, 4) is 0 Å². The SMILES string of the molecule is CCCN[S+]([O-])N1CCN(Cc2ccccc2)CC1. The van der Waals surface area contributed by atoms with Crippen LogP contribution in [0.1, 0.15) is 18.9 Å². The van der Waals surface area contributed by atoms with Crippen LogP contribution in [0.15, 0.2) is 30.3 Å². The second-order valence-corrected chi connectivity index (χ2v) is 6.14. The lowest BCUT2D eigenvalue weighted by Crippen LogP contribution is -2.51. The Bertz CT molecular complexity index is 355. The Labute approximate surface area is 119 Å². The highest BCUT2D eigenvalue weighted by Gasteiger charge is 2.25. The number of hydrogen-bond donors (Lipinski definition) is 1. The van der Waals surface area contributed by atoms with Gasteiger partial charge in [-0.1, -0.05) is 37.3 Å². The fourth-order valence-corrected chi connectivity index (χ4v) is 3.23. The van der Waals surface area contributed by atoms with Gasteiger partial charge in [0, 0.05) is 26.2 Å². The van der Waals surface area contributed by atoms with Gasteiger partial charge in [-0.3, -0.25) is 4.90 Å². The molecule has 1 unspecified atom stereocenters. The molecule has 0 aliphatic carbocycles. The fraction of sp³-hybridized carbons (Fsp3) is 0.571. The lowest BCUT2D eigenvalue weighted by molar-refractivity contribution is 0.180. The zero-order valence-corrected chi connectivity index (χ0v) is 12.4. The van der Waals surface area contributed by atoms with Crippen molar-refractivity contribution < 1.29 is 4.55 Å². The van der Waals surface area contributed by atoms with Crippen LogP contribution >= 0.6 is 0 Å². The molecule has 1 N–H and O–H groups in total. The number of piperazine rings is 1. The molecule has 1 atom stereocenters. The van der Waals surface area contributed by atoms with Crippen LogP contribution in [0, 0.1) is 0 Å². The van der Waals surface area contributed by atoms with E-state index in [-0.39, 0.29) is 0 Å². The molecule has 2 rings (SSSR count). The summed E-state index contributed by atoms with van der Waals surface area (Å²) in [4.78, 5) is 2.42. The van der Waals surface area contributed by atoms with Gasteiger partial charge in [-0.05, 0) is 12.0 Å². The Kier molecular flexibility index (Phi) is 6.13. The van der Waals surface area contributed by atoms with Gasteiger partial charge in [-0.25, -0.2) is 0 Å². The predicted octanol–water partition coefficient (Wildman–Crippen LogP) is 1.38. The molecule has 0 aromatic heterocycles. The summed E-state index contributed by atoms with van der Waals surface area (Å²) in [5, 5.41) is 0. The van der Waals surface area contributed by atoms with E-state index in [0.29, 0.717) is 0 Å². The fourth-order valence-electron chi connectivity index (χ4n) is 2.18. The van der Waals surface area contributed by atoms with Crippen molar-refractivity contribution in [3.63, 3.8) is 0 Å². The second-order valence-electron chi connectivity index (χ2n) is 4.83. The Hall–Kier alpha value is -0.590. The molecule has 0 saturated carbocycles. The summed E-state index contributed by atoms with van der Waals surface area (Å²) in [6.45, 7) is 7.59. The van der Waals surface area contributed by atoms with E-state index in [0.717, 1.165) is 45.7 Å². The van der Waals surface area contributed by atoms with Crippen LogP contribution in [0.2, 0.25) is 0 Å². The molecule has 1 heterocycles. The van der Waals surface area contributed by atoms with Crippen LogP contribution in [0.5, 0.6) is 0 Å². The van der Waals surface area contributed by atoms with Crippen LogP contribution in [0.25, 0.3) is 0 Å². The van der Waals surface area contributed by atoms with Gasteiger partial charge in [0.2, 0.25) is 0 Å². The third kappa shape index (κ3) is 4.78. The lowest BCUT2D eigenvalue weighted by Gasteiger charge is -2.33. The van der Waals surface area contributed by atoms with Crippen LogP contribution in [0.4, 0.5) is 0 Å². The van der Waals surface area contributed by atoms with Crippen molar-refractivity contribution in [2.75, 3.05) is 32.7 Å². The van der Waals surface area contributed by atoms with E-state index >= 15 is 0 Å². The lowest BCUT2D eigenvalue weighted by atomic mass is 10.2. The summed E-state index contributed by atoms with van der Waals surface area (Å²) >= 11 is -1.01. The molecule has 0 amide bonds. The molecular formula is C14H23N3OS. The van der Waals surface area contributed by atoms with Gasteiger partial charge in [0.15, 0.2) is 0 Å². The molecule has 1 saturated heterocycles. The Morgan fingerprint density at radius 1 is 1.16 bits per heavy atom. The maximum absolute atomic E-state index is 11.9. The molecule has 1 aliphatic rings. The largest absolute Gasteiger partial charge is 0.579 e. The number of hydrogen-bond acceptors (Lipinski definition) is 4. The van der Waals surface area contributed by atoms with Crippen molar-refractivity contribution in [1.29, 1.82) is 0 Å². The predicted molar refractivity (Wildman–Crippen MR) is 79.7 cm³/mol. The van der Waals surface area contributed by atoms with E-state index in [1.807, 2.05) is 10.4 Å². The highest BCUT2D eigenvalue weighted by atomic mass is 32.2. The van der Waals surface area contributed by atoms with Crippen LogP contribution < -0.4 is 4.72 Å². The summed E-state index contributed by atoms with van der Waals surface area (Å²) in [6, 6.07) is 10.5. The van der Waals surface area contributed by atoms with E-state index in [9.17, 15) is 4.55 Å². The van der Waals surface area contributed by atoms with Gasteiger partial charge in [0.05, 0.1) is 13.1 Å². The molecule has 5 heteroatoms. The quantitative estimate of drug-likeness (QED) is 0.800. The maximum atomic E-state index is 11.9. The minimum atomic E-state index is -1.01. The smallest absolute Gasteiger partial charge is 0.137 e. The molecule has 1 aliphatic heterocycles. The first-order valence-corrected chi connectivity index (χ1v) is 8.07. The summed E-state index contributed by atoms with van der Waals surface area (Å²) in [5.74, 6) is 0. The molecule has 1 aromatic rings. The van der Waals surface area contributed by atoms with Crippen LogP contribution in [0.3, 0.4) is 0 Å². The van der Waals surface area contributed by atoms with Gasteiger partial charge in [0.25, 0.3) is 0 Å². The van der Waals surface area contributed by atoms with Crippen molar-refractivity contribution in [2.45, 2.75) is 19.9 Å². The minimum absolute atomic E-state index is 0.816. The van der Waals surface area contributed by atoms with E-state index < -0.39 is 11.5 Å².